The average Bonchev–Trinajstić information content (AvgIpc) is 2.04. The zero-order valence-corrected chi connectivity index (χ0v) is 7.38. The first-order valence-electron chi connectivity index (χ1n) is 4.38. The number of hydrogen-bond acceptors (Lipinski definition) is 3. The minimum absolute atomic E-state index is 0.267. The third-order valence-electron chi connectivity index (χ3n) is 1.56. The topological polar surface area (TPSA) is 61.3 Å². The van der Waals surface area contributed by atoms with E-state index in [4.69, 9.17) is 16.2 Å². The summed E-state index contributed by atoms with van der Waals surface area (Å²) < 4.78 is 5.19. The van der Waals surface area contributed by atoms with Gasteiger partial charge in [0.05, 0.1) is 0 Å². The number of rotatable bonds is 7. The number of ether oxygens (including phenoxy) is 1. The Labute approximate surface area is 69.1 Å². The fraction of sp³-hybridized carbons (Fsp3) is 1.00. The van der Waals surface area contributed by atoms with Crippen molar-refractivity contribution in [2.75, 3.05) is 13.2 Å². The van der Waals surface area contributed by atoms with E-state index in [1.165, 1.54) is 19.3 Å². The lowest BCUT2D eigenvalue weighted by molar-refractivity contribution is 0.0609. The molecular weight excluding hydrogens is 140 g/mol. The van der Waals surface area contributed by atoms with Crippen LogP contribution in [0.1, 0.15) is 32.6 Å². The van der Waals surface area contributed by atoms with Crippen LogP contribution in [0.3, 0.4) is 0 Å². The smallest absolute Gasteiger partial charge is 0.118 e. The quantitative estimate of drug-likeness (QED) is 0.428. The molecule has 1 atom stereocenters. The van der Waals surface area contributed by atoms with E-state index in [0.717, 1.165) is 13.0 Å². The van der Waals surface area contributed by atoms with Crippen molar-refractivity contribution in [3.63, 3.8) is 0 Å². The molecule has 0 saturated carbocycles. The van der Waals surface area contributed by atoms with E-state index in [-0.39, 0.29) is 6.23 Å². The Morgan fingerprint density at radius 3 is 2.55 bits per heavy atom. The van der Waals surface area contributed by atoms with Gasteiger partial charge in [-0.2, -0.15) is 0 Å². The molecule has 11 heavy (non-hydrogen) atoms. The molecule has 0 radical (unpaired) electrons. The van der Waals surface area contributed by atoms with Gasteiger partial charge in [0.2, 0.25) is 0 Å². The molecule has 0 heterocycles. The summed E-state index contributed by atoms with van der Waals surface area (Å²) in [7, 11) is 0. The second kappa shape index (κ2) is 7.98. The summed E-state index contributed by atoms with van der Waals surface area (Å²) in [5.74, 6) is 0. The van der Waals surface area contributed by atoms with Crippen molar-refractivity contribution >= 4 is 0 Å². The first-order chi connectivity index (χ1) is 5.31. The largest absolute Gasteiger partial charge is 0.362 e. The predicted octanol–water partition coefficient (Wildman–Crippen LogP) is 0.827. The maximum absolute atomic E-state index is 5.44. The van der Waals surface area contributed by atoms with Crippen LogP contribution in [0.15, 0.2) is 0 Å². The van der Waals surface area contributed by atoms with Gasteiger partial charge in [0.25, 0.3) is 0 Å². The van der Waals surface area contributed by atoms with Crippen LogP contribution in [-0.2, 0) is 4.74 Å². The van der Waals surface area contributed by atoms with Crippen molar-refractivity contribution in [3.05, 3.63) is 0 Å². The van der Waals surface area contributed by atoms with Crippen LogP contribution in [0.25, 0.3) is 0 Å². The molecule has 0 fully saturated rings. The third kappa shape index (κ3) is 7.78. The summed E-state index contributed by atoms with van der Waals surface area (Å²) in [4.78, 5) is 0. The number of unbranched alkanes of at least 4 members (excludes halogenated alkanes) is 3. The van der Waals surface area contributed by atoms with Crippen LogP contribution in [-0.4, -0.2) is 19.4 Å². The van der Waals surface area contributed by atoms with Gasteiger partial charge in [-0.1, -0.05) is 26.2 Å². The van der Waals surface area contributed by atoms with Crippen LogP contribution in [0, 0.1) is 0 Å². The molecule has 0 aliphatic rings. The summed E-state index contributed by atoms with van der Waals surface area (Å²) in [6.07, 6.45) is 4.59. The van der Waals surface area contributed by atoms with Gasteiger partial charge in [0, 0.05) is 13.2 Å². The Morgan fingerprint density at radius 2 is 2.00 bits per heavy atom. The molecule has 0 aromatic carbocycles. The summed E-state index contributed by atoms with van der Waals surface area (Å²) >= 11 is 0. The average molecular weight is 160 g/mol. The Bertz CT molecular complexity index is 78.5. The summed E-state index contributed by atoms with van der Waals surface area (Å²) in [6, 6.07) is 0. The molecule has 0 aliphatic carbocycles. The van der Waals surface area contributed by atoms with Gasteiger partial charge in [0.15, 0.2) is 0 Å². The molecule has 68 valence electrons. The second-order valence-corrected chi connectivity index (χ2v) is 2.71. The highest BCUT2D eigenvalue weighted by atomic mass is 16.5. The maximum Gasteiger partial charge on any atom is 0.118 e. The van der Waals surface area contributed by atoms with Crippen molar-refractivity contribution in [2.24, 2.45) is 11.5 Å². The lowest BCUT2D eigenvalue weighted by Crippen LogP contribution is -2.32. The molecule has 0 amide bonds. The van der Waals surface area contributed by atoms with Crippen LogP contribution >= 0.6 is 0 Å². The van der Waals surface area contributed by atoms with E-state index in [9.17, 15) is 0 Å². The summed E-state index contributed by atoms with van der Waals surface area (Å²) in [6.45, 7) is 3.35. The van der Waals surface area contributed by atoms with E-state index in [2.05, 4.69) is 6.92 Å². The Kier molecular flexibility index (Phi) is 7.89. The van der Waals surface area contributed by atoms with Crippen LogP contribution in [0.5, 0.6) is 0 Å². The fourth-order valence-electron chi connectivity index (χ4n) is 0.832. The van der Waals surface area contributed by atoms with E-state index in [1.54, 1.807) is 0 Å². The van der Waals surface area contributed by atoms with Crippen molar-refractivity contribution in [3.8, 4) is 0 Å². The monoisotopic (exact) mass is 160 g/mol. The zero-order valence-electron chi connectivity index (χ0n) is 7.38. The highest BCUT2D eigenvalue weighted by Crippen LogP contribution is 1.98. The van der Waals surface area contributed by atoms with Gasteiger partial charge in [-0.25, -0.2) is 0 Å². The second-order valence-electron chi connectivity index (χ2n) is 2.71. The Balaban J connectivity index is 2.89. The van der Waals surface area contributed by atoms with Crippen molar-refractivity contribution < 1.29 is 4.74 Å². The van der Waals surface area contributed by atoms with E-state index < -0.39 is 0 Å². The molecule has 0 bridgehead atoms. The van der Waals surface area contributed by atoms with Crippen LogP contribution < -0.4 is 11.5 Å². The number of nitrogens with two attached hydrogens (primary N) is 2. The minimum Gasteiger partial charge on any atom is -0.362 e. The zero-order chi connectivity index (χ0) is 8.53. The molecule has 0 saturated heterocycles. The highest BCUT2D eigenvalue weighted by Gasteiger charge is 1.96. The molecule has 3 nitrogen and oxygen atoms in total. The van der Waals surface area contributed by atoms with Gasteiger partial charge in [0.1, 0.15) is 6.23 Å². The van der Waals surface area contributed by atoms with Crippen molar-refractivity contribution in [1.29, 1.82) is 0 Å². The lowest BCUT2D eigenvalue weighted by atomic mass is 10.2. The third-order valence-corrected chi connectivity index (χ3v) is 1.56. The normalized spacial score (nSPS) is 13.4. The summed E-state index contributed by atoms with van der Waals surface area (Å²) in [5.41, 5.74) is 10.7. The first-order valence-corrected chi connectivity index (χ1v) is 4.38. The Morgan fingerprint density at radius 1 is 1.27 bits per heavy atom. The maximum atomic E-state index is 5.44. The van der Waals surface area contributed by atoms with Gasteiger partial charge >= 0.3 is 0 Å². The van der Waals surface area contributed by atoms with E-state index >= 15 is 0 Å². The highest BCUT2D eigenvalue weighted by molar-refractivity contribution is 4.46. The standard InChI is InChI=1S/C8H20N2O/c1-2-3-4-5-6-11-8(10)7-9/h8H,2-7,9-10H2,1H3. The van der Waals surface area contributed by atoms with E-state index in [1.807, 2.05) is 0 Å². The molecular formula is C8H20N2O. The van der Waals surface area contributed by atoms with Gasteiger partial charge in [-0.15, -0.1) is 0 Å². The van der Waals surface area contributed by atoms with Crippen molar-refractivity contribution in [1.82, 2.24) is 0 Å². The molecule has 3 heteroatoms. The van der Waals surface area contributed by atoms with Crippen LogP contribution in [0.2, 0.25) is 0 Å². The van der Waals surface area contributed by atoms with Gasteiger partial charge in [-0.3, -0.25) is 0 Å². The minimum atomic E-state index is -0.267. The molecule has 1 unspecified atom stereocenters. The SMILES string of the molecule is CCCCCCOC(N)CN. The molecule has 0 aromatic heterocycles. The van der Waals surface area contributed by atoms with Crippen LogP contribution in [0.4, 0.5) is 0 Å². The molecule has 0 spiro atoms. The first kappa shape index (κ1) is 10.9. The van der Waals surface area contributed by atoms with E-state index in [0.29, 0.717) is 6.54 Å². The molecule has 0 aromatic rings. The van der Waals surface area contributed by atoms with Gasteiger partial charge < -0.3 is 16.2 Å². The molecule has 4 N–H and O–H groups in total. The Hall–Kier alpha value is -0.120. The molecule has 0 aliphatic heterocycles. The van der Waals surface area contributed by atoms with Gasteiger partial charge in [-0.05, 0) is 6.42 Å². The summed E-state index contributed by atoms with van der Waals surface area (Å²) in [5, 5.41) is 0. The lowest BCUT2D eigenvalue weighted by Gasteiger charge is -2.09. The molecule has 0 rings (SSSR count). The number of hydrogen-bond donors (Lipinski definition) is 2. The van der Waals surface area contributed by atoms with Crippen molar-refractivity contribution in [2.45, 2.75) is 38.8 Å². The predicted molar refractivity (Wildman–Crippen MR) is 47.1 cm³/mol. The fourth-order valence-corrected chi connectivity index (χ4v) is 0.832.